The summed E-state index contributed by atoms with van der Waals surface area (Å²) < 4.78 is 19.6. The van der Waals surface area contributed by atoms with Gasteiger partial charge in [0.25, 0.3) is 5.56 Å². The number of benzene rings is 2. The van der Waals surface area contributed by atoms with Crippen molar-refractivity contribution in [2.24, 2.45) is 0 Å². The zero-order valence-electron chi connectivity index (χ0n) is 24.4. The molecule has 3 heterocycles. The quantitative estimate of drug-likeness (QED) is 0.138. The monoisotopic (exact) mass is 625 g/mol. The zero-order chi connectivity index (χ0) is 28.7. The van der Waals surface area contributed by atoms with E-state index in [9.17, 15) is 9.59 Å². The van der Waals surface area contributed by atoms with Gasteiger partial charge in [0, 0.05) is 54.1 Å². The fourth-order valence-corrected chi connectivity index (χ4v) is 6.86. The summed E-state index contributed by atoms with van der Waals surface area (Å²) in [6.07, 6.45) is 6.24. The predicted octanol–water partition coefficient (Wildman–Crippen LogP) is 7.06. The summed E-state index contributed by atoms with van der Waals surface area (Å²) in [4.78, 5) is 29.9. The smallest absolute Gasteiger partial charge is 0.494 e. The van der Waals surface area contributed by atoms with E-state index in [1.165, 1.54) is 32.8 Å². The van der Waals surface area contributed by atoms with E-state index < -0.39 is 6.16 Å². The van der Waals surface area contributed by atoms with Crippen molar-refractivity contribution in [1.29, 1.82) is 0 Å². The Labute approximate surface area is 262 Å². The van der Waals surface area contributed by atoms with Gasteiger partial charge in [-0.1, -0.05) is 12.5 Å². The lowest BCUT2D eigenvalue weighted by molar-refractivity contribution is -0.00341. The summed E-state index contributed by atoms with van der Waals surface area (Å²) in [6, 6.07) is 17.8. The number of aromatic nitrogens is 1. The van der Waals surface area contributed by atoms with Crippen LogP contribution in [-0.2, 0) is 16.2 Å². The lowest BCUT2D eigenvalue weighted by atomic mass is 9.98. The summed E-state index contributed by atoms with van der Waals surface area (Å²) in [5.74, 6) is 0.697. The molecule has 1 saturated carbocycles. The summed E-state index contributed by atoms with van der Waals surface area (Å²) >= 11 is 1.80. The van der Waals surface area contributed by atoms with Gasteiger partial charge >= 0.3 is 6.16 Å². The molecule has 0 radical (unpaired) electrons. The van der Waals surface area contributed by atoms with E-state index in [-0.39, 0.29) is 30.8 Å². The SMILES string of the molecule is Cl.O=C(OCn1c(=O)ccc2ccc(OCCCCN3CCN(c4cccc5sccc45)CC3)cc21)OC1CCCCC1. The predicted molar refractivity (Wildman–Crippen MR) is 175 cm³/mol. The summed E-state index contributed by atoms with van der Waals surface area (Å²) in [7, 11) is 0. The average Bonchev–Trinajstić information content (AvgIpc) is 3.51. The molecule has 230 valence electrons. The van der Waals surface area contributed by atoms with Crippen molar-refractivity contribution in [3.8, 4) is 5.75 Å². The second-order valence-electron chi connectivity index (χ2n) is 11.2. The van der Waals surface area contributed by atoms with Crippen LogP contribution in [0.1, 0.15) is 44.9 Å². The van der Waals surface area contributed by atoms with Gasteiger partial charge in [-0.05, 0) is 92.2 Å². The third kappa shape index (κ3) is 7.82. The van der Waals surface area contributed by atoms with Crippen LogP contribution in [0, 0.1) is 0 Å². The average molecular weight is 626 g/mol. The van der Waals surface area contributed by atoms with Crippen molar-refractivity contribution in [2.45, 2.75) is 57.8 Å². The minimum absolute atomic E-state index is 0. The van der Waals surface area contributed by atoms with Crippen molar-refractivity contribution >= 4 is 56.6 Å². The van der Waals surface area contributed by atoms with Gasteiger partial charge in [-0.3, -0.25) is 14.3 Å². The number of hydrogen-bond acceptors (Lipinski definition) is 8. The van der Waals surface area contributed by atoms with Crippen molar-refractivity contribution in [3.63, 3.8) is 0 Å². The van der Waals surface area contributed by atoms with E-state index in [1.807, 2.05) is 18.2 Å². The summed E-state index contributed by atoms with van der Waals surface area (Å²) in [6.45, 7) is 5.71. The third-order valence-electron chi connectivity index (χ3n) is 8.41. The molecule has 2 fully saturated rings. The number of hydrogen-bond donors (Lipinski definition) is 0. The van der Waals surface area contributed by atoms with Crippen LogP contribution >= 0.6 is 23.7 Å². The Hall–Kier alpha value is -3.27. The molecule has 1 aliphatic carbocycles. The first-order valence-corrected chi connectivity index (χ1v) is 16.1. The van der Waals surface area contributed by atoms with Crippen molar-refractivity contribution in [3.05, 3.63) is 70.3 Å². The first-order chi connectivity index (χ1) is 20.6. The van der Waals surface area contributed by atoms with E-state index in [4.69, 9.17) is 14.2 Å². The lowest BCUT2D eigenvalue weighted by Crippen LogP contribution is -2.46. The van der Waals surface area contributed by atoms with Crippen LogP contribution in [0.25, 0.3) is 21.0 Å². The molecule has 4 aromatic rings. The number of rotatable bonds is 10. The van der Waals surface area contributed by atoms with Crippen LogP contribution < -0.4 is 15.2 Å². The molecule has 0 atom stereocenters. The number of pyridine rings is 1. The number of ether oxygens (including phenoxy) is 3. The molecule has 0 amide bonds. The minimum Gasteiger partial charge on any atom is -0.494 e. The van der Waals surface area contributed by atoms with Gasteiger partial charge in [-0.2, -0.15) is 0 Å². The zero-order valence-corrected chi connectivity index (χ0v) is 26.1. The maximum atomic E-state index is 12.6. The number of anilines is 1. The number of thiophene rings is 1. The number of halogens is 1. The highest BCUT2D eigenvalue weighted by Crippen LogP contribution is 2.31. The van der Waals surface area contributed by atoms with Gasteiger partial charge in [0.05, 0.1) is 12.1 Å². The van der Waals surface area contributed by atoms with E-state index in [0.29, 0.717) is 17.9 Å². The third-order valence-corrected chi connectivity index (χ3v) is 9.30. The summed E-state index contributed by atoms with van der Waals surface area (Å²) in [5, 5.41) is 4.42. The van der Waals surface area contributed by atoms with Crippen LogP contribution in [0.15, 0.2) is 64.8 Å². The topological polar surface area (TPSA) is 73.2 Å². The molecule has 0 spiro atoms. The Balaban J connectivity index is 0.00000368. The number of nitrogens with zero attached hydrogens (tertiary/aromatic N) is 3. The van der Waals surface area contributed by atoms with Gasteiger partial charge in [0.15, 0.2) is 6.73 Å². The lowest BCUT2D eigenvalue weighted by Gasteiger charge is -2.36. The molecule has 43 heavy (non-hydrogen) atoms. The van der Waals surface area contributed by atoms with Gasteiger partial charge < -0.3 is 19.1 Å². The molecule has 2 aromatic heterocycles. The number of piperazine rings is 1. The maximum Gasteiger partial charge on any atom is 0.510 e. The molecule has 2 aromatic carbocycles. The number of unbranched alkanes of at least 4 members (excludes halogenated alkanes) is 1. The van der Waals surface area contributed by atoms with Crippen molar-refractivity contribution in [1.82, 2.24) is 9.47 Å². The van der Waals surface area contributed by atoms with Crippen LogP contribution in [0.5, 0.6) is 5.75 Å². The molecule has 0 bridgehead atoms. The molecule has 1 aliphatic heterocycles. The first-order valence-electron chi connectivity index (χ1n) is 15.2. The van der Waals surface area contributed by atoms with Crippen LogP contribution in [0.2, 0.25) is 0 Å². The van der Waals surface area contributed by atoms with Gasteiger partial charge in [-0.15, -0.1) is 23.7 Å². The highest BCUT2D eigenvalue weighted by atomic mass is 35.5. The standard InChI is InChI=1S/C33H39N3O5S.ClH/c37-32-14-12-25-11-13-27(23-30(25)36(32)24-40-33(38)41-26-7-2-1-3-8-26)39-21-5-4-16-34-17-19-35(20-18-34)29-9-6-10-31-28(29)15-22-42-31;/h6,9-15,22-23,26H,1-5,7-8,16-21,24H2;1H. The molecule has 10 heteroatoms. The normalized spacial score (nSPS) is 16.2. The maximum absolute atomic E-state index is 12.6. The molecule has 0 unspecified atom stereocenters. The number of fused-ring (bicyclic) bond motifs is 2. The van der Waals surface area contributed by atoms with Crippen LogP contribution in [0.3, 0.4) is 0 Å². The van der Waals surface area contributed by atoms with Crippen molar-refractivity contribution < 1.29 is 19.0 Å². The van der Waals surface area contributed by atoms with Crippen LogP contribution in [0.4, 0.5) is 10.5 Å². The van der Waals surface area contributed by atoms with Gasteiger partial charge in [-0.25, -0.2) is 4.79 Å². The Morgan fingerprint density at radius 3 is 2.58 bits per heavy atom. The molecule has 8 nitrogen and oxygen atoms in total. The Morgan fingerprint density at radius 2 is 1.74 bits per heavy atom. The van der Waals surface area contributed by atoms with Gasteiger partial charge in [0.1, 0.15) is 11.9 Å². The Bertz CT molecular complexity index is 1560. The largest absolute Gasteiger partial charge is 0.510 e. The number of carbonyl (C=O) groups excluding carboxylic acids is 1. The minimum atomic E-state index is -0.723. The van der Waals surface area contributed by atoms with Crippen LogP contribution in [-0.4, -0.2) is 61.1 Å². The summed E-state index contributed by atoms with van der Waals surface area (Å²) in [5.41, 5.74) is 1.78. The highest BCUT2D eigenvalue weighted by Gasteiger charge is 2.20. The Morgan fingerprint density at radius 1 is 0.930 bits per heavy atom. The Kier molecular flexibility index (Phi) is 10.8. The van der Waals surface area contributed by atoms with E-state index in [0.717, 1.165) is 76.6 Å². The first kappa shape index (κ1) is 31.2. The van der Waals surface area contributed by atoms with Gasteiger partial charge in [0.2, 0.25) is 0 Å². The second-order valence-corrected chi connectivity index (χ2v) is 12.2. The molecule has 0 N–H and O–H groups in total. The second kappa shape index (κ2) is 14.9. The van der Waals surface area contributed by atoms with E-state index >= 15 is 0 Å². The molecular formula is C33H40ClN3O5S. The van der Waals surface area contributed by atoms with E-state index in [2.05, 4.69) is 39.4 Å². The number of carbonyl (C=O) groups is 1. The fourth-order valence-electron chi connectivity index (χ4n) is 6.05. The van der Waals surface area contributed by atoms with E-state index in [1.54, 1.807) is 17.4 Å². The molecule has 2 aliphatic rings. The van der Waals surface area contributed by atoms with Crippen molar-refractivity contribution in [2.75, 3.05) is 44.2 Å². The molecule has 1 saturated heterocycles. The highest BCUT2D eigenvalue weighted by molar-refractivity contribution is 7.17. The molecule has 6 rings (SSSR count). The fraction of sp³-hybridized carbons (Fsp3) is 0.455. The molecular weight excluding hydrogens is 586 g/mol.